The third-order valence-corrected chi connectivity index (χ3v) is 3.49. The van der Waals surface area contributed by atoms with Crippen LogP contribution in [0.25, 0.3) is 22.3 Å². The van der Waals surface area contributed by atoms with Gasteiger partial charge in [-0.2, -0.15) is 0 Å². The molecule has 5 nitrogen and oxygen atoms in total. The van der Waals surface area contributed by atoms with Crippen LogP contribution in [0.4, 0.5) is 0 Å². The molecule has 0 saturated heterocycles. The van der Waals surface area contributed by atoms with Crippen LogP contribution in [0.15, 0.2) is 45.6 Å². The SMILES string of the molecule is COc1cc(-c2cc(=O)c3c(O)cc(O)cc3o2)ccc1C. The van der Waals surface area contributed by atoms with Crippen molar-refractivity contribution < 1.29 is 19.4 Å². The van der Waals surface area contributed by atoms with Gasteiger partial charge in [-0.15, -0.1) is 0 Å². The van der Waals surface area contributed by atoms with E-state index in [1.165, 1.54) is 12.1 Å². The molecule has 5 heteroatoms. The molecular formula is C17H14O5. The Morgan fingerprint density at radius 2 is 1.86 bits per heavy atom. The Bertz CT molecular complexity index is 924. The molecule has 1 aromatic heterocycles. The summed E-state index contributed by atoms with van der Waals surface area (Å²) >= 11 is 0. The molecule has 112 valence electrons. The van der Waals surface area contributed by atoms with E-state index in [0.29, 0.717) is 17.1 Å². The van der Waals surface area contributed by atoms with E-state index >= 15 is 0 Å². The first-order valence-electron chi connectivity index (χ1n) is 6.64. The minimum absolute atomic E-state index is 0.0422. The molecule has 0 aliphatic heterocycles. The number of phenols is 2. The zero-order valence-electron chi connectivity index (χ0n) is 12.1. The monoisotopic (exact) mass is 298 g/mol. The first-order chi connectivity index (χ1) is 10.5. The molecule has 0 radical (unpaired) electrons. The van der Waals surface area contributed by atoms with Crippen molar-refractivity contribution in [1.29, 1.82) is 0 Å². The highest BCUT2D eigenvalue weighted by Crippen LogP contribution is 2.32. The molecular weight excluding hydrogens is 284 g/mol. The number of hydrogen-bond acceptors (Lipinski definition) is 5. The van der Waals surface area contributed by atoms with Crippen LogP contribution in [-0.2, 0) is 0 Å². The standard InChI is InChI=1S/C17H14O5/c1-9-3-4-10(5-14(9)21-2)15-8-13(20)17-12(19)6-11(18)7-16(17)22-15/h3-8,18-19H,1-2H3. The van der Waals surface area contributed by atoms with E-state index in [2.05, 4.69) is 0 Å². The summed E-state index contributed by atoms with van der Waals surface area (Å²) in [6, 6.07) is 9.15. The fourth-order valence-electron chi connectivity index (χ4n) is 2.37. The average molecular weight is 298 g/mol. The van der Waals surface area contributed by atoms with Crippen molar-refractivity contribution in [3.63, 3.8) is 0 Å². The second-order valence-electron chi connectivity index (χ2n) is 5.00. The molecule has 0 spiro atoms. The van der Waals surface area contributed by atoms with Crippen LogP contribution in [-0.4, -0.2) is 17.3 Å². The van der Waals surface area contributed by atoms with Gasteiger partial charge < -0.3 is 19.4 Å². The minimum Gasteiger partial charge on any atom is -0.508 e. The summed E-state index contributed by atoms with van der Waals surface area (Å²) in [6.45, 7) is 1.91. The molecule has 0 unspecified atom stereocenters. The second kappa shape index (κ2) is 5.11. The maximum absolute atomic E-state index is 12.2. The maximum Gasteiger partial charge on any atom is 0.197 e. The van der Waals surface area contributed by atoms with Crippen molar-refractivity contribution >= 4 is 11.0 Å². The number of ether oxygens (including phenoxy) is 1. The van der Waals surface area contributed by atoms with Gasteiger partial charge in [-0.05, 0) is 18.6 Å². The van der Waals surface area contributed by atoms with E-state index in [0.717, 1.165) is 11.6 Å². The molecule has 3 rings (SSSR count). The quantitative estimate of drug-likeness (QED) is 0.759. The number of rotatable bonds is 2. The summed E-state index contributed by atoms with van der Waals surface area (Å²) in [5, 5.41) is 19.4. The first kappa shape index (κ1) is 14.0. The van der Waals surface area contributed by atoms with Crippen molar-refractivity contribution in [3.05, 3.63) is 52.2 Å². The lowest BCUT2D eigenvalue weighted by molar-refractivity contribution is 0.411. The molecule has 0 amide bonds. The lowest BCUT2D eigenvalue weighted by atomic mass is 10.1. The van der Waals surface area contributed by atoms with Crippen LogP contribution in [0.5, 0.6) is 17.2 Å². The number of phenolic OH excluding ortho intramolecular Hbond substituents is 2. The van der Waals surface area contributed by atoms with Crippen molar-refractivity contribution in [2.45, 2.75) is 6.92 Å². The van der Waals surface area contributed by atoms with Gasteiger partial charge in [0.05, 0.1) is 7.11 Å². The van der Waals surface area contributed by atoms with E-state index in [-0.39, 0.29) is 27.9 Å². The minimum atomic E-state index is -0.381. The fourth-order valence-corrected chi connectivity index (χ4v) is 2.37. The molecule has 0 fully saturated rings. The summed E-state index contributed by atoms with van der Waals surface area (Å²) in [6.07, 6.45) is 0. The molecule has 2 aromatic carbocycles. The molecule has 3 aromatic rings. The highest BCUT2D eigenvalue weighted by Gasteiger charge is 2.13. The summed E-state index contributed by atoms with van der Waals surface area (Å²) in [4.78, 5) is 12.2. The third-order valence-electron chi connectivity index (χ3n) is 3.49. The summed E-state index contributed by atoms with van der Waals surface area (Å²) in [7, 11) is 1.57. The smallest absolute Gasteiger partial charge is 0.197 e. The largest absolute Gasteiger partial charge is 0.508 e. The summed E-state index contributed by atoms with van der Waals surface area (Å²) in [5.41, 5.74) is 1.38. The van der Waals surface area contributed by atoms with Crippen molar-refractivity contribution in [2.24, 2.45) is 0 Å². The summed E-state index contributed by atoms with van der Waals surface area (Å²) in [5.74, 6) is 0.531. The number of aryl methyl sites for hydroxylation is 1. The van der Waals surface area contributed by atoms with Gasteiger partial charge in [0.15, 0.2) is 5.43 Å². The first-order valence-corrected chi connectivity index (χ1v) is 6.64. The molecule has 0 aliphatic rings. The zero-order chi connectivity index (χ0) is 15.9. The molecule has 22 heavy (non-hydrogen) atoms. The van der Waals surface area contributed by atoms with E-state index in [9.17, 15) is 15.0 Å². The van der Waals surface area contributed by atoms with Crippen molar-refractivity contribution in [2.75, 3.05) is 7.11 Å². The van der Waals surface area contributed by atoms with Gasteiger partial charge in [-0.1, -0.05) is 12.1 Å². The van der Waals surface area contributed by atoms with Crippen LogP contribution >= 0.6 is 0 Å². The Morgan fingerprint density at radius 3 is 2.59 bits per heavy atom. The molecule has 1 heterocycles. The Morgan fingerprint density at radius 1 is 1.09 bits per heavy atom. The molecule has 0 aliphatic carbocycles. The lowest BCUT2D eigenvalue weighted by Crippen LogP contribution is -2.01. The normalized spacial score (nSPS) is 10.8. The van der Waals surface area contributed by atoms with Crippen LogP contribution in [0.1, 0.15) is 5.56 Å². The Kier molecular flexibility index (Phi) is 3.25. The predicted molar refractivity (Wildman–Crippen MR) is 82.5 cm³/mol. The van der Waals surface area contributed by atoms with Crippen LogP contribution in [0, 0.1) is 6.92 Å². The molecule has 0 bridgehead atoms. The molecule has 0 saturated carbocycles. The summed E-state index contributed by atoms with van der Waals surface area (Å²) < 4.78 is 10.9. The third kappa shape index (κ3) is 2.26. The number of benzene rings is 2. The van der Waals surface area contributed by atoms with Gasteiger partial charge in [0.2, 0.25) is 0 Å². The average Bonchev–Trinajstić information content (AvgIpc) is 2.46. The van der Waals surface area contributed by atoms with E-state index < -0.39 is 0 Å². The Balaban J connectivity index is 2.26. The highest BCUT2D eigenvalue weighted by molar-refractivity contribution is 5.86. The van der Waals surface area contributed by atoms with Gasteiger partial charge in [-0.25, -0.2) is 0 Å². The molecule has 0 atom stereocenters. The number of hydrogen-bond donors (Lipinski definition) is 2. The molecule has 2 N–H and O–H groups in total. The van der Waals surface area contributed by atoms with E-state index in [4.69, 9.17) is 9.15 Å². The number of methoxy groups -OCH3 is 1. The van der Waals surface area contributed by atoms with Gasteiger partial charge in [0, 0.05) is 23.8 Å². The van der Waals surface area contributed by atoms with Gasteiger partial charge in [-0.3, -0.25) is 4.79 Å². The van der Waals surface area contributed by atoms with Crippen LogP contribution in [0.3, 0.4) is 0 Å². The van der Waals surface area contributed by atoms with E-state index in [1.807, 2.05) is 19.1 Å². The van der Waals surface area contributed by atoms with Gasteiger partial charge in [0.25, 0.3) is 0 Å². The highest BCUT2D eigenvalue weighted by atomic mass is 16.5. The van der Waals surface area contributed by atoms with Gasteiger partial charge in [0.1, 0.15) is 34.0 Å². The van der Waals surface area contributed by atoms with Crippen molar-refractivity contribution in [3.8, 4) is 28.6 Å². The predicted octanol–water partition coefficient (Wildman–Crippen LogP) is 3.19. The lowest BCUT2D eigenvalue weighted by Gasteiger charge is -2.08. The Hall–Kier alpha value is -2.95. The maximum atomic E-state index is 12.2. The zero-order valence-corrected chi connectivity index (χ0v) is 12.1. The second-order valence-corrected chi connectivity index (χ2v) is 5.00. The van der Waals surface area contributed by atoms with Crippen LogP contribution < -0.4 is 10.2 Å². The van der Waals surface area contributed by atoms with Crippen LogP contribution in [0.2, 0.25) is 0 Å². The Labute approximate surface area is 126 Å². The van der Waals surface area contributed by atoms with Gasteiger partial charge >= 0.3 is 0 Å². The topological polar surface area (TPSA) is 79.9 Å². The van der Waals surface area contributed by atoms with E-state index in [1.54, 1.807) is 13.2 Å². The number of aromatic hydroxyl groups is 2. The number of fused-ring (bicyclic) bond motifs is 1. The van der Waals surface area contributed by atoms with Crippen molar-refractivity contribution in [1.82, 2.24) is 0 Å². The fraction of sp³-hybridized carbons (Fsp3) is 0.118.